The van der Waals surface area contributed by atoms with Crippen LogP contribution in [0.15, 0.2) is 0 Å². The normalized spacial score (nSPS) is 24.7. The van der Waals surface area contributed by atoms with Crippen LogP contribution in [0, 0.1) is 0 Å². The lowest BCUT2D eigenvalue weighted by atomic mass is 10.0. The van der Waals surface area contributed by atoms with Crippen molar-refractivity contribution in [1.29, 1.82) is 0 Å². The Labute approximate surface area is 86.9 Å². The molecule has 0 aromatic carbocycles. The molecule has 0 radical (unpaired) electrons. The van der Waals surface area contributed by atoms with E-state index >= 15 is 0 Å². The molecule has 14 heavy (non-hydrogen) atoms. The Bertz CT molecular complexity index is 208. The fourth-order valence-corrected chi connectivity index (χ4v) is 1.86. The second kappa shape index (κ2) is 4.30. The summed E-state index contributed by atoms with van der Waals surface area (Å²) >= 11 is 0. The summed E-state index contributed by atoms with van der Waals surface area (Å²) in [5.74, 6) is 0.180. The van der Waals surface area contributed by atoms with Crippen molar-refractivity contribution in [3.8, 4) is 0 Å². The maximum absolute atomic E-state index is 11.9. The Morgan fingerprint density at radius 3 is 2.50 bits per heavy atom. The van der Waals surface area contributed by atoms with Crippen LogP contribution >= 0.6 is 0 Å². The van der Waals surface area contributed by atoms with Gasteiger partial charge < -0.3 is 5.32 Å². The van der Waals surface area contributed by atoms with Crippen molar-refractivity contribution in [3.63, 3.8) is 0 Å². The van der Waals surface area contributed by atoms with Gasteiger partial charge in [0.1, 0.15) is 0 Å². The number of hydrogen-bond donors (Lipinski definition) is 1. The standard InChI is InChI=1S/C11H22N2O/c1-11(2,3)12-10(14)9-7-5-6-8-13(9)4/h9H,5-8H2,1-4H3,(H,12,14). The van der Waals surface area contributed by atoms with Crippen LogP contribution in [0.25, 0.3) is 0 Å². The largest absolute Gasteiger partial charge is 0.350 e. The van der Waals surface area contributed by atoms with Crippen LogP contribution in [-0.2, 0) is 4.79 Å². The Balaban J connectivity index is 2.50. The summed E-state index contributed by atoms with van der Waals surface area (Å²) in [7, 11) is 2.03. The fraction of sp³-hybridized carbons (Fsp3) is 0.909. The molecule has 0 aromatic heterocycles. The van der Waals surface area contributed by atoms with Crippen molar-refractivity contribution < 1.29 is 4.79 Å². The molecule has 0 aliphatic carbocycles. The van der Waals surface area contributed by atoms with Crippen molar-refractivity contribution in [2.24, 2.45) is 0 Å². The number of nitrogens with one attached hydrogen (secondary N) is 1. The van der Waals surface area contributed by atoms with E-state index in [2.05, 4.69) is 10.2 Å². The highest BCUT2D eigenvalue weighted by Crippen LogP contribution is 2.15. The van der Waals surface area contributed by atoms with Crippen molar-refractivity contribution in [2.45, 2.75) is 51.6 Å². The number of rotatable bonds is 1. The van der Waals surface area contributed by atoms with Crippen LogP contribution in [0.2, 0.25) is 0 Å². The lowest BCUT2D eigenvalue weighted by molar-refractivity contribution is -0.128. The van der Waals surface area contributed by atoms with Crippen LogP contribution in [0.4, 0.5) is 0 Å². The number of carbonyl (C=O) groups is 1. The Kier molecular flexibility index (Phi) is 3.53. The van der Waals surface area contributed by atoms with E-state index in [0.717, 1.165) is 13.0 Å². The quantitative estimate of drug-likeness (QED) is 0.690. The zero-order chi connectivity index (χ0) is 10.8. The fourth-order valence-electron chi connectivity index (χ4n) is 1.86. The molecule has 1 amide bonds. The molecule has 0 spiro atoms. The Hall–Kier alpha value is -0.570. The highest BCUT2D eigenvalue weighted by molar-refractivity contribution is 5.82. The van der Waals surface area contributed by atoms with Gasteiger partial charge in [-0.1, -0.05) is 6.42 Å². The first-order valence-electron chi connectivity index (χ1n) is 5.42. The van der Waals surface area contributed by atoms with E-state index in [1.54, 1.807) is 0 Å². The summed E-state index contributed by atoms with van der Waals surface area (Å²) in [6.07, 6.45) is 3.39. The first-order chi connectivity index (χ1) is 6.40. The summed E-state index contributed by atoms with van der Waals surface area (Å²) in [5.41, 5.74) is -0.116. The molecule has 3 heteroatoms. The molecular weight excluding hydrogens is 176 g/mol. The molecular formula is C11H22N2O. The highest BCUT2D eigenvalue weighted by Gasteiger charge is 2.27. The number of likely N-dealkylation sites (tertiary alicyclic amines) is 1. The minimum absolute atomic E-state index is 0.0861. The number of amides is 1. The summed E-state index contributed by atoms with van der Waals surface area (Å²) in [4.78, 5) is 14.0. The van der Waals surface area contributed by atoms with Crippen LogP contribution in [0.3, 0.4) is 0 Å². The van der Waals surface area contributed by atoms with E-state index in [-0.39, 0.29) is 17.5 Å². The molecule has 1 fully saturated rings. The van der Waals surface area contributed by atoms with Crippen LogP contribution < -0.4 is 5.32 Å². The van der Waals surface area contributed by atoms with Crippen LogP contribution in [0.1, 0.15) is 40.0 Å². The van der Waals surface area contributed by atoms with Gasteiger partial charge in [-0.15, -0.1) is 0 Å². The SMILES string of the molecule is CN1CCCCC1C(=O)NC(C)(C)C. The van der Waals surface area contributed by atoms with Gasteiger partial charge in [-0.2, -0.15) is 0 Å². The number of piperidine rings is 1. The summed E-state index contributed by atoms with van der Waals surface area (Å²) in [6, 6.07) is 0.0861. The van der Waals surface area contributed by atoms with Crippen LogP contribution in [-0.4, -0.2) is 36.0 Å². The smallest absolute Gasteiger partial charge is 0.237 e. The van der Waals surface area contributed by atoms with Gasteiger partial charge in [-0.3, -0.25) is 9.69 Å². The Morgan fingerprint density at radius 2 is 2.00 bits per heavy atom. The maximum Gasteiger partial charge on any atom is 0.237 e. The molecule has 1 N–H and O–H groups in total. The van der Waals surface area contributed by atoms with Crippen LogP contribution in [0.5, 0.6) is 0 Å². The summed E-state index contributed by atoms with van der Waals surface area (Å²) in [6.45, 7) is 7.11. The minimum atomic E-state index is -0.116. The molecule has 1 aliphatic rings. The maximum atomic E-state index is 11.9. The molecule has 82 valence electrons. The third-order valence-electron chi connectivity index (χ3n) is 2.57. The summed E-state index contributed by atoms with van der Waals surface area (Å²) < 4.78 is 0. The molecule has 1 aliphatic heterocycles. The zero-order valence-electron chi connectivity index (χ0n) is 9.76. The first kappa shape index (κ1) is 11.5. The minimum Gasteiger partial charge on any atom is -0.350 e. The van der Waals surface area contributed by atoms with Crippen molar-refractivity contribution in [2.75, 3.05) is 13.6 Å². The van der Waals surface area contributed by atoms with Gasteiger partial charge in [0.25, 0.3) is 0 Å². The molecule has 1 heterocycles. The first-order valence-corrected chi connectivity index (χ1v) is 5.42. The number of nitrogens with zero attached hydrogens (tertiary/aromatic N) is 1. The molecule has 1 unspecified atom stereocenters. The van der Waals surface area contributed by atoms with E-state index in [0.29, 0.717) is 0 Å². The molecule has 1 saturated heterocycles. The van der Waals surface area contributed by atoms with E-state index < -0.39 is 0 Å². The molecule has 0 aromatic rings. The average molecular weight is 198 g/mol. The van der Waals surface area contributed by atoms with E-state index in [1.807, 2.05) is 27.8 Å². The summed E-state index contributed by atoms with van der Waals surface area (Å²) in [5, 5.41) is 3.04. The van der Waals surface area contributed by atoms with Gasteiger partial charge in [-0.05, 0) is 47.2 Å². The van der Waals surface area contributed by atoms with E-state index in [4.69, 9.17) is 0 Å². The van der Waals surface area contributed by atoms with Crippen molar-refractivity contribution >= 4 is 5.91 Å². The number of hydrogen-bond acceptors (Lipinski definition) is 2. The predicted octanol–water partition coefficient (Wildman–Crippen LogP) is 1.39. The predicted molar refractivity (Wildman–Crippen MR) is 58.2 cm³/mol. The van der Waals surface area contributed by atoms with E-state index in [1.165, 1.54) is 12.8 Å². The van der Waals surface area contributed by atoms with Gasteiger partial charge in [0, 0.05) is 5.54 Å². The molecule has 1 rings (SSSR count). The van der Waals surface area contributed by atoms with Crippen molar-refractivity contribution in [3.05, 3.63) is 0 Å². The average Bonchev–Trinajstić information content (AvgIpc) is 2.01. The van der Waals surface area contributed by atoms with Gasteiger partial charge in [0.15, 0.2) is 0 Å². The zero-order valence-corrected chi connectivity index (χ0v) is 9.76. The Morgan fingerprint density at radius 1 is 1.36 bits per heavy atom. The molecule has 0 saturated carbocycles. The lowest BCUT2D eigenvalue weighted by Crippen LogP contribution is -2.52. The second-order valence-electron chi connectivity index (χ2n) is 5.23. The number of carbonyl (C=O) groups excluding carboxylic acids is 1. The third kappa shape index (κ3) is 3.29. The van der Waals surface area contributed by atoms with Crippen molar-refractivity contribution in [1.82, 2.24) is 10.2 Å². The van der Waals surface area contributed by atoms with Gasteiger partial charge in [-0.25, -0.2) is 0 Å². The highest BCUT2D eigenvalue weighted by atomic mass is 16.2. The van der Waals surface area contributed by atoms with Gasteiger partial charge in [0.2, 0.25) is 5.91 Å². The van der Waals surface area contributed by atoms with Gasteiger partial charge in [0.05, 0.1) is 6.04 Å². The van der Waals surface area contributed by atoms with Gasteiger partial charge >= 0.3 is 0 Å². The second-order valence-corrected chi connectivity index (χ2v) is 5.23. The van der Waals surface area contributed by atoms with E-state index in [9.17, 15) is 4.79 Å². The monoisotopic (exact) mass is 198 g/mol. The topological polar surface area (TPSA) is 32.3 Å². The number of likely N-dealkylation sites (N-methyl/N-ethyl adjacent to an activating group) is 1. The molecule has 0 bridgehead atoms. The molecule has 3 nitrogen and oxygen atoms in total. The molecule has 1 atom stereocenters. The third-order valence-corrected chi connectivity index (χ3v) is 2.57. The lowest BCUT2D eigenvalue weighted by Gasteiger charge is -2.33.